The molecule has 132 valence electrons. The largest absolute Gasteiger partial charge is 0.394 e. The van der Waals surface area contributed by atoms with Crippen LogP contribution in [0.15, 0.2) is 24.3 Å². The van der Waals surface area contributed by atoms with Crippen molar-refractivity contribution in [3.05, 3.63) is 35.4 Å². The fourth-order valence-corrected chi connectivity index (χ4v) is 4.52. The van der Waals surface area contributed by atoms with Gasteiger partial charge < -0.3 is 10.0 Å². The van der Waals surface area contributed by atoms with Crippen LogP contribution in [-0.2, 0) is 16.8 Å². The third-order valence-corrected chi connectivity index (χ3v) is 5.76. The van der Waals surface area contributed by atoms with Crippen molar-refractivity contribution < 1.29 is 9.90 Å². The fourth-order valence-electron chi connectivity index (χ4n) is 4.52. The van der Waals surface area contributed by atoms with E-state index in [0.717, 1.165) is 31.2 Å². The van der Waals surface area contributed by atoms with E-state index in [2.05, 4.69) is 36.2 Å². The zero-order chi connectivity index (χ0) is 17.2. The fraction of sp³-hybridized carbons (Fsp3) is 0.650. The van der Waals surface area contributed by atoms with E-state index in [1.807, 2.05) is 12.1 Å². The highest BCUT2D eigenvalue weighted by Crippen LogP contribution is 2.36. The molecule has 0 saturated heterocycles. The number of carbonyl (C=O) groups excluding carboxylic acids is 1. The summed E-state index contributed by atoms with van der Waals surface area (Å²) in [6, 6.07) is 8.86. The van der Waals surface area contributed by atoms with E-state index < -0.39 is 5.54 Å². The molecule has 24 heavy (non-hydrogen) atoms. The second-order valence-corrected chi connectivity index (χ2v) is 7.58. The van der Waals surface area contributed by atoms with Crippen LogP contribution < -0.4 is 5.32 Å². The van der Waals surface area contributed by atoms with Gasteiger partial charge in [0.25, 0.3) is 0 Å². The summed E-state index contributed by atoms with van der Waals surface area (Å²) in [6.07, 6.45) is 6.50. The first-order valence-corrected chi connectivity index (χ1v) is 9.33. The molecule has 1 unspecified atom stereocenters. The Bertz CT molecular complexity index is 581. The number of rotatable bonds is 6. The Hall–Kier alpha value is -1.39. The van der Waals surface area contributed by atoms with E-state index in [1.165, 1.54) is 18.4 Å². The third kappa shape index (κ3) is 3.22. The van der Waals surface area contributed by atoms with Crippen LogP contribution in [0.3, 0.4) is 0 Å². The minimum absolute atomic E-state index is 0.0302. The molecule has 0 bridgehead atoms. The average Bonchev–Trinajstić information content (AvgIpc) is 3.21. The molecule has 0 aromatic heterocycles. The number of carbonyl (C=O) groups is 1. The first-order chi connectivity index (χ1) is 11.6. The zero-order valence-electron chi connectivity index (χ0n) is 14.9. The van der Waals surface area contributed by atoms with Crippen LogP contribution >= 0.6 is 0 Å². The monoisotopic (exact) mass is 330 g/mol. The van der Waals surface area contributed by atoms with Crippen molar-refractivity contribution in [3.63, 3.8) is 0 Å². The molecule has 2 aliphatic carbocycles. The lowest BCUT2D eigenvalue weighted by atomic mass is 9.92. The summed E-state index contributed by atoms with van der Waals surface area (Å²) in [5, 5.41) is 13.5. The summed E-state index contributed by atoms with van der Waals surface area (Å²) >= 11 is 0. The number of hydrogen-bond donors (Lipinski definition) is 2. The van der Waals surface area contributed by atoms with Gasteiger partial charge in [-0.2, -0.15) is 0 Å². The number of fused-ring (bicyclic) bond motifs is 1. The number of aliphatic hydroxyl groups is 1. The van der Waals surface area contributed by atoms with Gasteiger partial charge in [0.1, 0.15) is 0 Å². The number of benzene rings is 1. The van der Waals surface area contributed by atoms with Crippen LogP contribution in [0.1, 0.15) is 57.1 Å². The molecular weight excluding hydrogens is 300 g/mol. The lowest BCUT2D eigenvalue weighted by Gasteiger charge is -2.35. The van der Waals surface area contributed by atoms with Gasteiger partial charge in [0.15, 0.2) is 0 Å². The van der Waals surface area contributed by atoms with Crippen molar-refractivity contribution in [2.45, 2.75) is 70.0 Å². The van der Waals surface area contributed by atoms with Crippen molar-refractivity contribution in [1.82, 2.24) is 10.2 Å². The number of hydrogen-bond acceptors (Lipinski definition) is 3. The molecule has 0 heterocycles. The average molecular weight is 330 g/mol. The standard InChI is InChI=1S/C20H30N2O2/c1-15(2)22(17-8-4-5-9-17)19(24)13-21-20(14-23)12-11-16-7-3-6-10-18(16)20/h3,6-7,10,15,17,21,23H,4-5,8-9,11-14H2,1-2H3. The summed E-state index contributed by atoms with van der Waals surface area (Å²) < 4.78 is 0. The number of amides is 1. The van der Waals surface area contributed by atoms with Gasteiger partial charge in [-0.1, -0.05) is 37.1 Å². The third-order valence-electron chi connectivity index (χ3n) is 5.76. The van der Waals surface area contributed by atoms with E-state index in [-0.39, 0.29) is 18.6 Å². The van der Waals surface area contributed by atoms with Crippen LogP contribution in [0.25, 0.3) is 0 Å². The van der Waals surface area contributed by atoms with E-state index >= 15 is 0 Å². The molecule has 1 amide bonds. The smallest absolute Gasteiger partial charge is 0.237 e. The van der Waals surface area contributed by atoms with E-state index in [0.29, 0.717) is 12.6 Å². The Balaban J connectivity index is 1.70. The highest BCUT2D eigenvalue weighted by atomic mass is 16.3. The van der Waals surface area contributed by atoms with E-state index in [1.54, 1.807) is 0 Å². The minimum atomic E-state index is -0.468. The molecular formula is C20H30N2O2. The highest BCUT2D eigenvalue weighted by Gasteiger charge is 2.39. The van der Waals surface area contributed by atoms with Crippen molar-refractivity contribution in [1.29, 1.82) is 0 Å². The highest BCUT2D eigenvalue weighted by molar-refractivity contribution is 5.79. The van der Waals surface area contributed by atoms with Gasteiger partial charge in [-0.05, 0) is 50.7 Å². The van der Waals surface area contributed by atoms with Crippen LogP contribution in [0.5, 0.6) is 0 Å². The van der Waals surface area contributed by atoms with Gasteiger partial charge >= 0.3 is 0 Å². The van der Waals surface area contributed by atoms with Gasteiger partial charge in [-0.3, -0.25) is 10.1 Å². The summed E-state index contributed by atoms with van der Waals surface area (Å²) in [4.78, 5) is 14.9. The Morgan fingerprint density at radius 2 is 2.04 bits per heavy atom. The molecule has 4 heteroatoms. The van der Waals surface area contributed by atoms with Gasteiger partial charge in [0.05, 0.1) is 18.7 Å². The molecule has 4 nitrogen and oxygen atoms in total. The van der Waals surface area contributed by atoms with Crippen LogP contribution in [-0.4, -0.2) is 41.1 Å². The quantitative estimate of drug-likeness (QED) is 0.843. The maximum Gasteiger partial charge on any atom is 0.237 e. The lowest BCUT2D eigenvalue weighted by molar-refractivity contribution is -0.135. The Morgan fingerprint density at radius 3 is 2.71 bits per heavy atom. The molecule has 0 aliphatic heterocycles. The molecule has 0 radical (unpaired) electrons. The van der Waals surface area contributed by atoms with E-state index in [9.17, 15) is 9.90 Å². The topological polar surface area (TPSA) is 52.6 Å². The Labute approximate surface area is 145 Å². The Morgan fingerprint density at radius 1 is 1.33 bits per heavy atom. The Kier molecular flexibility index (Phi) is 5.26. The van der Waals surface area contributed by atoms with Gasteiger partial charge in [0, 0.05) is 12.1 Å². The van der Waals surface area contributed by atoms with Crippen LogP contribution in [0, 0.1) is 0 Å². The molecule has 0 spiro atoms. The number of nitrogens with zero attached hydrogens (tertiary/aromatic N) is 1. The van der Waals surface area contributed by atoms with Gasteiger partial charge in [0.2, 0.25) is 5.91 Å². The zero-order valence-corrected chi connectivity index (χ0v) is 14.9. The summed E-state index contributed by atoms with van der Waals surface area (Å²) in [5.41, 5.74) is 1.96. The predicted molar refractivity (Wildman–Crippen MR) is 95.8 cm³/mol. The number of nitrogens with one attached hydrogen (secondary N) is 1. The minimum Gasteiger partial charge on any atom is -0.394 e. The molecule has 1 aromatic carbocycles. The van der Waals surface area contributed by atoms with Crippen LogP contribution in [0.4, 0.5) is 0 Å². The SMILES string of the molecule is CC(C)N(C(=O)CNC1(CO)CCc2ccccc21)C1CCCC1. The molecule has 1 aromatic rings. The van der Waals surface area contributed by atoms with Gasteiger partial charge in [-0.15, -0.1) is 0 Å². The maximum absolute atomic E-state index is 12.9. The van der Waals surface area contributed by atoms with Crippen molar-refractivity contribution in [2.24, 2.45) is 0 Å². The maximum atomic E-state index is 12.9. The first-order valence-electron chi connectivity index (χ1n) is 9.33. The van der Waals surface area contributed by atoms with Crippen molar-refractivity contribution >= 4 is 5.91 Å². The van der Waals surface area contributed by atoms with E-state index in [4.69, 9.17) is 0 Å². The molecule has 2 aliphatic rings. The summed E-state index contributed by atoms with van der Waals surface area (Å²) in [5.74, 6) is 0.161. The second kappa shape index (κ2) is 7.24. The van der Waals surface area contributed by atoms with Crippen molar-refractivity contribution in [3.8, 4) is 0 Å². The molecule has 1 fully saturated rings. The second-order valence-electron chi connectivity index (χ2n) is 7.58. The number of aryl methyl sites for hydroxylation is 1. The van der Waals surface area contributed by atoms with Crippen LogP contribution in [0.2, 0.25) is 0 Å². The van der Waals surface area contributed by atoms with Crippen molar-refractivity contribution in [2.75, 3.05) is 13.2 Å². The summed E-state index contributed by atoms with van der Waals surface area (Å²) in [6.45, 7) is 4.53. The predicted octanol–water partition coefficient (Wildman–Crippen LogP) is 2.59. The molecule has 1 atom stereocenters. The lowest BCUT2D eigenvalue weighted by Crippen LogP contribution is -2.52. The van der Waals surface area contributed by atoms with Gasteiger partial charge in [-0.25, -0.2) is 0 Å². The molecule has 2 N–H and O–H groups in total. The number of aliphatic hydroxyl groups excluding tert-OH is 1. The molecule has 3 rings (SSSR count). The summed E-state index contributed by atoms with van der Waals surface area (Å²) in [7, 11) is 0. The first kappa shape index (κ1) is 17.4. The normalized spacial score (nSPS) is 23.7. The molecule has 1 saturated carbocycles.